The molecule has 2 atom stereocenters. The Balaban J connectivity index is 0.000000336. The highest BCUT2D eigenvalue weighted by atomic mass is 14.4. The smallest absolute Gasteiger partial charge is 0.0386 e. The van der Waals surface area contributed by atoms with E-state index in [0.29, 0.717) is 0 Å². The second-order valence-electron chi connectivity index (χ2n) is 4.24. The molecule has 0 saturated heterocycles. The molecule has 0 aliphatic heterocycles. The topological polar surface area (TPSA) is 0 Å². The lowest BCUT2D eigenvalue weighted by molar-refractivity contribution is 0.345. The molecule has 2 saturated carbocycles. The number of rotatable bonds is 0. The van der Waals surface area contributed by atoms with Crippen molar-refractivity contribution in [1.82, 2.24) is 0 Å². The summed E-state index contributed by atoms with van der Waals surface area (Å²) in [5, 5.41) is 0. The minimum atomic E-state index is 1.07. The molecule has 72 valence electrons. The first kappa shape index (κ1) is 10.1. The SMILES string of the molecule is CC.CC1C2CCCCC1CC2. The molecular weight excluding hydrogens is 144 g/mol. The lowest BCUT2D eigenvalue weighted by atomic mass is 9.91. The molecule has 0 heteroatoms. The Morgan fingerprint density at radius 3 is 1.58 bits per heavy atom. The Kier molecular flexibility index (Phi) is 4.11. The predicted octanol–water partition coefficient (Wildman–Crippen LogP) is 4.25. The van der Waals surface area contributed by atoms with Crippen LogP contribution in [0.5, 0.6) is 0 Å². The number of hydrogen-bond acceptors (Lipinski definition) is 0. The van der Waals surface area contributed by atoms with Crippen LogP contribution in [0, 0.1) is 17.8 Å². The van der Waals surface area contributed by atoms with E-state index >= 15 is 0 Å². The standard InChI is InChI=1S/C10H18.C2H6/c1-8-9-4-2-3-5-10(8)7-6-9;1-2/h8-10H,2-7H2,1H3;1-2H3. The summed E-state index contributed by atoms with van der Waals surface area (Å²) >= 11 is 0. The third-order valence-corrected chi connectivity index (χ3v) is 3.80. The summed E-state index contributed by atoms with van der Waals surface area (Å²) in [6.45, 7) is 6.48. The van der Waals surface area contributed by atoms with Gasteiger partial charge in [-0.2, -0.15) is 0 Å². The number of fused-ring (bicyclic) bond motifs is 2. The molecule has 0 nitrogen and oxygen atoms in total. The molecule has 0 aromatic carbocycles. The fourth-order valence-corrected chi connectivity index (χ4v) is 2.97. The number of hydrogen-bond donors (Lipinski definition) is 0. The first-order valence-corrected chi connectivity index (χ1v) is 5.88. The van der Waals surface area contributed by atoms with E-state index in [4.69, 9.17) is 0 Å². The maximum absolute atomic E-state index is 2.48. The highest BCUT2D eigenvalue weighted by Gasteiger charge is 2.33. The minimum absolute atomic E-state index is 1.07. The van der Waals surface area contributed by atoms with Gasteiger partial charge in [-0.1, -0.05) is 46.5 Å². The first-order chi connectivity index (χ1) is 5.88. The van der Waals surface area contributed by atoms with Crippen molar-refractivity contribution in [3.63, 3.8) is 0 Å². The van der Waals surface area contributed by atoms with Gasteiger partial charge in [0.2, 0.25) is 0 Å². The minimum Gasteiger partial charge on any atom is -0.0683 e. The van der Waals surface area contributed by atoms with Crippen LogP contribution < -0.4 is 0 Å². The molecule has 2 unspecified atom stereocenters. The summed E-state index contributed by atoms with van der Waals surface area (Å²) in [5.74, 6) is 3.31. The van der Waals surface area contributed by atoms with Crippen molar-refractivity contribution in [3.8, 4) is 0 Å². The van der Waals surface area contributed by atoms with Gasteiger partial charge in [-0.15, -0.1) is 0 Å². The maximum Gasteiger partial charge on any atom is -0.0386 e. The van der Waals surface area contributed by atoms with Gasteiger partial charge in [-0.3, -0.25) is 0 Å². The fourth-order valence-electron chi connectivity index (χ4n) is 2.97. The Hall–Kier alpha value is 0. The highest BCUT2D eigenvalue weighted by molar-refractivity contribution is 4.84. The van der Waals surface area contributed by atoms with E-state index in [2.05, 4.69) is 6.92 Å². The van der Waals surface area contributed by atoms with Crippen LogP contribution in [0.15, 0.2) is 0 Å². The molecule has 2 aliphatic rings. The van der Waals surface area contributed by atoms with E-state index in [1.807, 2.05) is 13.8 Å². The molecule has 12 heavy (non-hydrogen) atoms. The van der Waals surface area contributed by atoms with E-state index in [9.17, 15) is 0 Å². The quantitative estimate of drug-likeness (QED) is 0.507. The summed E-state index contributed by atoms with van der Waals surface area (Å²) in [6, 6.07) is 0. The molecule has 0 radical (unpaired) electrons. The summed E-state index contributed by atoms with van der Waals surface area (Å²) in [4.78, 5) is 0. The average Bonchev–Trinajstić information content (AvgIpc) is 2.29. The van der Waals surface area contributed by atoms with Gasteiger partial charge >= 0.3 is 0 Å². The normalized spacial score (nSPS) is 39.8. The molecule has 0 aromatic heterocycles. The summed E-state index contributed by atoms with van der Waals surface area (Å²) in [5.41, 5.74) is 0. The van der Waals surface area contributed by atoms with Crippen molar-refractivity contribution in [2.75, 3.05) is 0 Å². The van der Waals surface area contributed by atoms with Gasteiger partial charge in [0.05, 0.1) is 0 Å². The monoisotopic (exact) mass is 168 g/mol. The zero-order valence-electron chi connectivity index (χ0n) is 8.97. The second kappa shape index (κ2) is 4.89. The zero-order chi connectivity index (χ0) is 8.97. The molecule has 2 bridgehead atoms. The molecule has 2 rings (SSSR count). The molecule has 0 spiro atoms. The third kappa shape index (κ3) is 2.02. The molecule has 2 aliphatic carbocycles. The van der Waals surface area contributed by atoms with Crippen molar-refractivity contribution < 1.29 is 0 Å². The molecule has 0 aromatic rings. The summed E-state index contributed by atoms with van der Waals surface area (Å²) < 4.78 is 0. The van der Waals surface area contributed by atoms with Crippen LogP contribution in [0.2, 0.25) is 0 Å². The Morgan fingerprint density at radius 1 is 0.750 bits per heavy atom. The van der Waals surface area contributed by atoms with Crippen molar-refractivity contribution >= 4 is 0 Å². The lowest BCUT2D eigenvalue weighted by Gasteiger charge is -2.15. The fraction of sp³-hybridized carbons (Fsp3) is 1.00. The van der Waals surface area contributed by atoms with Gasteiger partial charge in [0, 0.05) is 0 Å². The van der Waals surface area contributed by atoms with Crippen LogP contribution >= 0.6 is 0 Å². The van der Waals surface area contributed by atoms with Crippen LogP contribution in [-0.4, -0.2) is 0 Å². The van der Waals surface area contributed by atoms with Gasteiger partial charge in [0.25, 0.3) is 0 Å². The van der Waals surface area contributed by atoms with E-state index in [1.54, 1.807) is 12.8 Å². The van der Waals surface area contributed by atoms with Gasteiger partial charge < -0.3 is 0 Å². The average molecular weight is 168 g/mol. The Morgan fingerprint density at radius 2 is 1.17 bits per heavy atom. The van der Waals surface area contributed by atoms with Crippen molar-refractivity contribution in [2.45, 2.75) is 59.3 Å². The van der Waals surface area contributed by atoms with Crippen molar-refractivity contribution in [1.29, 1.82) is 0 Å². The Labute approximate surface area is 77.7 Å². The van der Waals surface area contributed by atoms with E-state index in [-0.39, 0.29) is 0 Å². The van der Waals surface area contributed by atoms with Crippen LogP contribution in [0.25, 0.3) is 0 Å². The van der Waals surface area contributed by atoms with Crippen LogP contribution in [0.4, 0.5) is 0 Å². The van der Waals surface area contributed by atoms with E-state index in [1.165, 1.54) is 25.7 Å². The maximum atomic E-state index is 2.48. The molecular formula is C12H24. The van der Waals surface area contributed by atoms with Crippen molar-refractivity contribution in [2.24, 2.45) is 17.8 Å². The van der Waals surface area contributed by atoms with E-state index in [0.717, 1.165) is 17.8 Å². The summed E-state index contributed by atoms with van der Waals surface area (Å²) in [6.07, 6.45) is 9.21. The van der Waals surface area contributed by atoms with Crippen molar-refractivity contribution in [3.05, 3.63) is 0 Å². The molecule has 0 heterocycles. The molecule has 2 fully saturated rings. The van der Waals surface area contributed by atoms with E-state index < -0.39 is 0 Å². The lowest BCUT2D eigenvalue weighted by Crippen LogP contribution is -2.07. The van der Waals surface area contributed by atoms with Crippen LogP contribution in [0.1, 0.15) is 59.3 Å². The predicted molar refractivity (Wildman–Crippen MR) is 55.2 cm³/mol. The summed E-state index contributed by atoms with van der Waals surface area (Å²) in [7, 11) is 0. The van der Waals surface area contributed by atoms with Gasteiger partial charge in [0.1, 0.15) is 0 Å². The van der Waals surface area contributed by atoms with Gasteiger partial charge in [-0.05, 0) is 30.6 Å². The third-order valence-electron chi connectivity index (χ3n) is 3.80. The molecule has 0 N–H and O–H groups in total. The highest BCUT2D eigenvalue weighted by Crippen LogP contribution is 2.44. The zero-order valence-corrected chi connectivity index (χ0v) is 8.97. The Bertz CT molecular complexity index is 103. The largest absolute Gasteiger partial charge is 0.0683 e. The van der Waals surface area contributed by atoms with Gasteiger partial charge in [-0.25, -0.2) is 0 Å². The van der Waals surface area contributed by atoms with Crippen LogP contribution in [-0.2, 0) is 0 Å². The molecule has 0 amide bonds. The van der Waals surface area contributed by atoms with Gasteiger partial charge in [0.15, 0.2) is 0 Å². The van der Waals surface area contributed by atoms with Crippen LogP contribution in [0.3, 0.4) is 0 Å². The first-order valence-electron chi connectivity index (χ1n) is 5.88. The second-order valence-corrected chi connectivity index (χ2v) is 4.24.